The maximum absolute atomic E-state index is 10.5. The zero-order valence-corrected chi connectivity index (χ0v) is 10.00. The minimum Gasteiger partial charge on any atom is -0.481 e. The quantitative estimate of drug-likeness (QED) is 0.886. The van der Waals surface area contributed by atoms with Crippen molar-refractivity contribution >= 4 is 21.9 Å². The third-order valence-corrected chi connectivity index (χ3v) is 2.60. The molecular formula is C9H13BrN2O2. The molecule has 0 aliphatic rings. The van der Waals surface area contributed by atoms with E-state index < -0.39 is 5.97 Å². The van der Waals surface area contributed by atoms with E-state index in [-0.39, 0.29) is 12.0 Å². The third-order valence-electron chi connectivity index (χ3n) is 1.76. The molecule has 78 valence electrons. The molecule has 1 aromatic heterocycles. The monoisotopic (exact) mass is 260 g/mol. The summed E-state index contributed by atoms with van der Waals surface area (Å²) in [6, 6.07) is 0. The molecule has 0 saturated carbocycles. The van der Waals surface area contributed by atoms with E-state index in [1.54, 1.807) is 10.9 Å². The molecule has 1 rings (SSSR count). The fourth-order valence-corrected chi connectivity index (χ4v) is 1.98. The van der Waals surface area contributed by atoms with Gasteiger partial charge in [0.1, 0.15) is 4.60 Å². The molecule has 0 unspecified atom stereocenters. The number of carboxylic acids is 1. The first-order valence-electron chi connectivity index (χ1n) is 4.27. The fraction of sp³-hybridized carbons (Fsp3) is 0.556. The molecule has 0 saturated heterocycles. The zero-order chi connectivity index (χ0) is 10.9. The van der Waals surface area contributed by atoms with Crippen LogP contribution in [0.25, 0.3) is 0 Å². The van der Waals surface area contributed by atoms with Gasteiger partial charge in [0.2, 0.25) is 0 Å². The van der Waals surface area contributed by atoms with Gasteiger partial charge in [0.05, 0.1) is 18.2 Å². The molecule has 0 amide bonds. The number of carbonyl (C=O) groups is 1. The molecule has 4 nitrogen and oxygen atoms in total. The Morgan fingerprint density at radius 1 is 1.64 bits per heavy atom. The molecule has 5 heteroatoms. The van der Waals surface area contributed by atoms with Gasteiger partial charge in [-0.25, -0.2) is 0 Å². The fourth-order valence-electron chi connectivity index (χ4n) is 1.12. The standard InChI is InChI=1S/C9H13BrN2O2/c1-9(2,3)12-8(10)6(5-11-12)4-7(13)14/h5H,4H2,1-3H3,(H,13,14). The molecule has 0 atom stereocenters. The number of hydrogen-bond donors (Lipinski definition) is 1. The first kappa shape index (κ1) is 11.2. The minimum atomic E-state index is -0.848. The van der Waals surface area contributed by atoms with E-state index >= 15 is 0 Å². The van der Waals surface area contributed by atoms with Gasteiger partial charge in [-0.1, -0.05) is 0 Å². The first-order chi connectivity index (χ1) is 6.32. The Kier molecular flexibility index (Phi) is 2.99. The van der Waals surface area contributed by atoms with E-state index in [4.69, 9.17) is 5.11 Å². The Morgan fingerprint density at radius 2 is 2.21 bits per heavy atom. The van der Waals surface area contributed by atoms with Gasteiger partial charge in [0.25, 0.3) is 0 Å². The Bertz CT molecular complexity index is 352. The molecule has 1 N–H and O–H groups in total. The van der Waals surface area contributed by atoms with Crippen LogP contribution in [0.3, 0.4) is 0 Å². The Labute approximate surface area is 91.1 Å². The summed E-state index contributed by atoms with van der Waals surface area (Å²) >= 11 is 3.35. The Hall–Kier alpha value is -0.840. The third kappa shape index (κ3) is 2.35. The lowest BCUT2D eigenvalue weighted by Crippen LogP contribution is -2.23. The van der Waals surface area contributed by atoms with Gasteiger partial charge in [0, 0.05) is 5.56 Å². The van der Waals surface area contributed by atoms with Crippen molar-refractivity contribution in [3.63, 3.8) is 0 Å². The van der Waals surface area contributed by atoms with Gasteiger partial charge in [-0.3, -0.25) is 9.48 Å². The van der Waals surface area contributed by atoms with E-state index in [1.165, 1.54) is 0 Å². The van der Waals surface area contributed by atoms with Crippen LogP contribution in [0.15, 0.2) is 10.8 Å². The van der Waals surface area contributed by atoms with Crippen LogP contribution in [-0.2, 0) is 16.8 Å². The van der Waals surface area contributed by atoms with Crippen LogP contribution in [0.1, 0.15) is 26.3 Å². The average Bonchev–Trinajstić information content (AvgIpc) is 2.30. The molecule has 0 bridgehead atoms. The second-order valence-electron chi connectivity index (χ2n) is 4.11. The van der Waals surface area contributed by atoms with Crippen LogP contribution < -0.4 is 0 Å². The maximum atomic E-state index is 10.5. The van der Waals surface area contributed by atoms with Crippen molar-refractivity contribution in [1.29, 1.82) is 0 Å². The van der Waals surface area contributed by atoms with Gasteiger partial charge >= 0.3 is 5.97 Å². The zero-order valence-electron chi connectivity index (χ0n) is 8.41. The van der Waals surface area contributed by atoms with Crippen molar-refractivity contribution in [3.8, 4) is 0 Å². The number of rotatable bonds is 2. The number of hydrogen-bond acceptors (Lipinski definition) is 2. The summed E-state index contributed by atoms with van der Waals surface area (Å²) in [6.45, 7) is 6.03. The Balaban J connectivity index is 3.03. The van der Waals surface area contributed by atoms with E-state index in [9.17, 15) is 4.79 Å². The minimum absolute atomic E-state index is 0.00331. The lowest BCUT2D eigenvalue weighted by molar-refractivity contribution is -0.136. The second kappa shape index (κ2) is 3.73. The van der Waals surface area contributed by atoms with Crippen molar-refractivity contribution < 1.29 is 9.90 Å². The normalized spacial score (nSPS) is 11.7. The number of aliphatic carboxylic acids is 1. The molecular weight excluding hydrogens is 248 g/mol. The topological polar surface area (TPSA) is 55.1 Å². The molecule has 1 heterocycles. The summed E-state index contributed by atoms with van der Waals surface area (Å²) in [4.78, 5) is 10.5. The summed E-state index contributed by atoms with van der Waals surface area (Å²) in [5.41, 5.74) is 0.558. The summed E-state index contributed by atoms with van der Waals surface area (Å²) in [5, 5.41) is 12.8. The van der Waals surface area contributed by atoms with Crippen LogP contribution in [-0.4, -0.2) is 20.9 Å². The lowest BCUT2D eigenvalue weighted by Gasteiger charge is -2.20. The highest BCUT2D eigenvalue weighted by Gasteiger charge is 2.20. The SMILES string of the molecule is CC(C)(C)n1ncc(CC(=O)O)c1Br. The smallest absolute Gasteiger partial charge is 0.307 e. The molecule has 0 aromatic carbocycles. The van der Waals surface area contributed by atoms with E-state index in [0.29, 0.717) is 5.56 Å². The summed E-state index contributed by atoms with van der Waals surface area (Å²) in [6.07, 6.45) is 1.58. The summed E-state index contributed by atoms with van der Waals surface area (Å²) in [7, 11) is 0. The van der Waals surface area contributed by atoms with Crippen molar-refractivity contribution in [2.24, 2.45) is 0 Å². The number of halogens is 1. The predicted octanol–water partition coefficient (Wildman–Crippen LogP) is 2.03. The average molecular weight is 261 g/mol. The molecule has 0 spiro atoms. The lowest BCUT2D eigenvalue weighted by atomic mass is 10.1. The molecule has 14 heavy (non-hydrogen) atoms. The van der Waals surface area contributed by atoms with Gasteiger partial charge in [-0.05, 0) is 36.7 Å². The molecule has 1 aromatic rings. The van der Waals surface area contributed by atoms with Gasteiger partial charge in [0.15, 0.2) is 0 Å². The van der Waals surface area contributed by atoms with Crippen LogP contribution in [0, 0.1) is 0 Å². The highest BCUT2D eigenvalue weighted by molar-refractivity contribution is 9.10. The van der Waals surface area contributed by atoms with E-state index in [0.717, 1.165) is 4.60 Å². The predicted molar refractivity (Wildman–Crippen MR) is 56.3 cm³/mol. The van der Waals surface area contributed by atoms with Gasteiger partial charge in [-0.15, -0.1) is 0 Å². The van der Waals surface area contributed by atoms with E-state index in [2.05, 4.69) is 21.0 Å². The Morgan fingerprint density at radius 3 is 2.57 bits per heavy atom. The molecule has 0 radical (unpaired) electrons. The van der Waals surface area contributed by atoms with Crippen LogP contribution in [0.2, 0.25) is 0 Å². The van der Waals surface area contributed by atoms with Crippen LogP contribution in [0.5, 0.6) is 0 Å². The summed E-state index contributed by atoms with van der Waals surface area (Å²) in [5.74, 6) is -0.848. The number of aromatic nitrogens is 2. The van der Waals surface area contributed by atoms with Crippen LogP contribution >= 0.6 is 15.9 Å². The van der Waals surface area contributed by atoms with Crippen molar-refractivity contribution in [2.75, 3.05) is 0 Å². The van der Waals surface area contributed by atoms with Crippen LogP contribution in [0.4, 0.5) is 0 Å². The second-order valence-corrected chi connectivity index (χ2v) is 4.86. The maximum Gasteiger partial charge on any atom is 0.307 e. The van der Waals surface area contributed by atoms with E-state index in [1.807, 2.05) is 20.8 Å². The van der Waals surface area contributed by atoms with Crippen molar-refractivity contribution in [3.05, 3.63) is 16.4 Å². The number of carboxylic acid groups (broad SMARTS) is 1. The van der Waals surface area contributed by atoms with Crippen molar-refractivity contribution in [2.45, 2.75) is 32.7 Å². The van der Waals surface area contributed by atoms with Gasteiger partial charge < -0.3 is 5.11 Å². The van der Waals surface area contributed by atoms with Crippen molar-refractivity contribution in [1.82, 2.24) is 9.78 Å². The molecule has 0 aliphatic heterocycles. The molecule has 0 aliphatic carbocycles. The highest BCUT2D eigenvalue weighted by Crippen LogP contribution is 2.24. The van der Waals surface area contributed by atoms with Gasteiger partial charge in [-0.2, -0.15) is 5.10 Å². The summed E-state index contributed by atoms with van der Waals surface area (Å²) < 4.78 is 2.51. The largest absolute Gasteiger partial charge is 0.481 e. The first-order valence-corrected chi connectivity index (χ1v) is 5.06. The highest BCUT2D eigenvalue weighted by atomic mass is 79.9. The number of nitrogens with zero attached hydrogens (tertiary/aromatic N) is 2. The molecule has 0 fully saturated rings.